The quantitative estimate of drug-likeness (QED) is 0.566. The van der Waals surface area contributed by atoms with Crippen molar-refractivity contribution in [2.75, 3.05) is 26.4 Å². The van der Waals surface area contributed by atoms with Gasteiger partial charge in [-0.05, 0) is 38.6 Å². The zero-order valence-corrected chi connectivity index (χ0v) is 19.9. The van der Waals surface area contributed by atoms with Gasteiger partial charge in [-0.1, -0.05) is 18.2 Å². The smallest absolute Gasteiger partial charge is 0.241 e. The molecule has 2 atom stereocenters. The maximum absolute atomic E-state index is 13.4. The molecule has 0 spiro atoms. The Morgan fingerprint density at radius 2 is 2.00 bits per heavy atom. The number of hydrogen-bond donors (Lipinski definition) is 2. The molecule has 1 saturated heterocycles. The number of ether oxygens (including phenoxy) is 1. The summed E-state index contributed by atoms with van der Waals surface area (Å²) in [7, 11) is -0.223. The molecule has 0 aliphatic carbocycles. The van der Waals surface area contributed by atoms with Crippen LogP contribution in [-0.2, 0) is 20.3 Å². The molecule has 8 nitrogen and oxygen atoms in total. The van der Waals surface area contributed by atoms with E-state index in [1.54, 1.807) is 49.8 Å². The van der Waals surface area contributed by atoms with Crippen molar-refractivity contribution in [3.63, 3.8) is 0 Å². The fourth-order valence-electron chi connectivity index (χ4n) is 4.08. The van der Waals surface area contributed by atoms with Crippen LogP contribution in [0.15, 0.2) is 59.1 Å². The van der Waals surface area contributed by atoms with Gasteiger partial charge >= 0.3 is 0 Å². The topological polar surface area (TPSA) is 110 Å². The van der Waals surface area contributed by atoms with Gasteiger partial charge in [-0.3, -0.25) is 9.88 Å². The molecule has 1 fully saturated rings. The maximum Gasteiger partial charge on any atom is 0.241 e. The molecule has 2 aromatic heterocycles. The van der Waals surface area contributed by atoms with Gasteiger partial charge in [0, 0.05) is 31.1 Å². The first-order chi connectivity index (χ1) is 15.2. The van der Waals surface area contributed by atoms with Gasteiger partial charge in [0.25, 0.3) is 0 Å². The second kappa shape index (κ2) is 8.53. The highest BCUT2D eigenvalue weighted by Crippen LogP contribution is 2.42. The Balaban J connectivity index is 1.82. The van der Waals surface area contributed by atoms with E-state index in [0.717, 1.165) is 4.88 Å². The van der Waals surface area contributed by atoms with E-state index in [1.165, 1.54) is 11.3 Å². The molecule has 0 saturated carbocycles. The van der Waals surface area contributed by atoms with Gasteiger partial charge in [0.2, 0.25) is 10.0 Å². The highest BCUT2D eigenvalue weighted by Gasteiger charge is 2.50. The molecule has 2 unspecified atom stereocenters. The predicted molar refractivity (Wildman–Crippen MR) is 125 cm³/mol. The van der Waals surface area contributed by atoms with Crippen LogP contribution in [0.5, 0.6) is 0 Å². The van der Waals surface area contributed by atoms with Crippen LogP contribution < -0.4 is 10.5 Å². The highest BCUT2D eigenvalue weighted by molar-refractivity contribution is 7.89. The number of sulfonamides is 1. The van der Waals surface area contributed by atoms with Gasteiger partial charge < -0.3 is 10.5 Å². The van der Waals surface area contributed by atoms with E-state index in [2.05, 4.69) is 14.6 Å². The van der Waals surface area contributed by atoms with Crippen LogP contribution in [0.3, 0.4) is 0 Å². The Kier molecular flexibility index (Phi) is 6.08. The summed E-state index contributed by atoms with van der Waals surface area (Å²) in [5.41, 5.74) is 6.06. The van der Waals surface area contributed by atoms with Crippen LogP contribution in [0.4, 0.5) is 5.69 Å². The normalized spacial score (nSPS) is 24.5. The minimum Gasteiger partial charge on any atom is -0.398 e. The van der Waals surface area contributed by atoms with Crippen molar-refractivity contribution in [2.24, 2.45) is 0 Å². The van der Waals surface area contributed by atoms with E-state index in [4.69, 9.17) is 15.5 Å². The number of nitrogens with one attached hydrogen (secondary N) is 1. The number of nitrogen functional groups attached to an aromatic ring is 1. The monoisotopic (exact) mass is 473 g/mol. The van der Waals surface area contributed by atoms with E-state index < -0.39 is 21.3 Å². The molecule has 0 radical (unpaired) electrons. The van der Waals surface area contributed by atoms with Gasteiger partial charge in [0.1, 0.15) is 5.72 Å². The number of nitrogens with zero attached hydrogens (tertiary/aromatic N) is 3. The Morgan fingerprint density at radius 3 is 2.66 bits per heavy atom. The van der Waals surface area contributed by atoms with Crippen molar-refractivity contribution in [2.45, 2.75) is 35.9 Å². The lowest BCUT2D eigenvalue weighted by Gasteiger charge is -2.50. The number of hydrogen-bond acceptors (Lipinski definition) is 8. The number of benzene rings is 1. The van der Waals surface area contributed by atoms with Crippen molar-refractivity contribution in [1.82, 2.24) is 19.6 Å². The second-order valence-corrected chi connectivity index (χ2v) is 10.9. The largest absolute Gasteiger partial charge is 0.398 e. The first-order valence-corrected chi connectivity index (χ1v) is 12.6. The van der Waals surface area contributed by atoms with Crippen molar-refractivity contribution >= 4 is 27.0 Å². The molecule has 1 aromatic carbocycles. The molecule has 1 aliphatic rings. The average molecular weight is 474 g/mol. The fraction of sp³-hybridized carbons (Fsp3) is 0.364. The lowest BCUT2D eigenvalue weighted by Crippen LogP contribution is -2.61. The summed E-state index contributed by atoms with van der Waals surface area (Å²) < 4.78 is 35.6. The second-order valence-electron chi connectivity index (χ2n) is 8.26. The SMILES string of the molecule is COC1(C)CC(NS(=O)(=O)c2ccccc2)(c2cncc(-c3cc(N)cs3)n2)CCN1C. The zero-order chi connectivity index (χ0) is 23.0. The number of rotatable bonds is 6. The molecule has 0 amide bonds. The third-order valence-corrected chi connectivity index (χ3v) is 8.65. The zero-order valence-electron chi connectivity index (χ0n) is 18.3. The van der Waals surface area contributed by atoms with Gasteiger partial charge in [-0.25, -0.2) is 13.4 Å². The van der Waals surface area contributed by atoms with E-state index >= 15 is 0 Å². The number of nitrogens with two attached hydrogens (primary N) is 1. The van der Waals surface area contributed by atoms with Gasteiger partial charge in [-0.15, -0.1) is 11.3 Å². The van der Waals surface area contributed by atoms with Gasteiger partial charge in [-0.2, -0.15) is 4.72 Å². The molecule has 170 valence electrons. The summed E-state index contributed by atoms with van der Waals surface area (Å²) in [5.74, 6) is 0. The minimum atomic E-state index is -3.82. The molecular formula is C22H27N5O3S2. The lowest BCUT2D eigenvalue weighted by atomic mass is 9.80. The van der Waals surface area contributed by atoms with Crippen LogP contribution in [0.1, 0.15) is 25.5 Å². The first-order valence-electron chi connectivity index (χ1n) is 10.2. The number of likely N-dealkylation sites (tertiary alicyclic amines) is 1. The summed E-state index contributed by atoms with van der Waals surface area (Å²) in [6.45, 7) is 2.56. The van der Waals surface area contributed by atoms with Crippen LogP contribution in [0, 0.1) is 0 Å². The molecule has 0 bridgehead atoms. The molecule has 4 rings (SSSR count). The molecule has 1 aliphatic heterocycles. The summed E-state index contributed by atoms with van der Waals surface area (Å²) in [6.07, 6.45) is 4.18. The molecule has 3 heterocycles. The van der Waals surface area contributed by atoms with E-state index in [-0.39, 0.29) is 4.90 Å². The molecule has 3 N–H and O–H groups in total. The summed E-state index contributed by atoms with van der Waals surface area (Å²) in [5, 5.41) is 1.84. The molecule has 3 aromatic rings. The third-order valence-electron chi connectivity index (χ3n) is 6.13. The fourth-order valence-corrected chi connectivity index (χ4v) is 6.26. The number of piperidine rings is 1. The van der Waals surface area contributed by atoms with Gasteiger partial charge in [0.15, 0.2) is 0 Å². The van der Waals surface area contributed by atoms with Crippen molar-refractivity contribution < 1.29 is 13.2 Å². The number of methoxy groups -OCH3 is 1. The third kappa shape index (κ3) is 4.28. The van der Waals surface area contributed by atoms with E-state index in [0.29, 0.717) is 36.5 Å². The molecular weight excluding hydrogens is 446 g/mol. The van der Waals surface area contributed by atoms with E-state index in [9.17, 15) is 8.42 Å². The molecule has 32 heavy (non-hydrogen) atoms. The average Bonchev–Trinajstić information content (AvgIpc) is 3.23. The highest BCUT2D eigenvalue weighted by atomic mass is 32.2. The summed E-state index contributed by atoms with van der Waals surface area (Å²) in [6, 6.07) is 10.2. The Labute approximate surface area is 192 Å². The van der Waals surface area contributed by atoms with Crippen LogP contribution >= 0.6 is 11.3 Å². The number of thiophene rings is 1. The lowest BCUT2D eigenvalue weighted by molar-refractivity contribution is -0.153. The Bertz CT molecular complexity index is 1200. The standard InChI is InChI=1S/C22H27N5O3S2/c1-21(30-3)15-22(9-10-27(21)2,26-32(28,29)17-7-5-4-6-8-17)20-13-24-12-18(25-20)19-11-16(23)14-31-19/h4-8,11-14,26H,9-10,15,23H2,1-3H3. The van der Waals surface area contributed by atoms with E-state index in [1.807, 2.05) is 25.4 Å². The number of aromatic nitrogens is 2. The van der Waals surface area contributed by atoms with Crippen LogP contribution in [0.25, 0.3) is 10.6 Å². The minimum absolute atomic E-state index is 0.201. The first kappa shape index (κ1) is 22.8. The summed E-state index contributed by atoms with van der Waals surface area (Å²) >= 11 is 1.47. The van der Waals surface area contributed by atoms with Crippen LogP contribution in [0.2, 0.25) is 0 Å². The Morgan fingerprint density at radius 1 is 1.25 bits per heavy atom. The van der Waals surface area contributed by atoms with Crippen molar-refractivity contribution in [1.29, 1.82) is 0 Å². The predicted octanol–water partition coefficient (Wildman–Crippen LogP) is 3.05. The van der Waals surface area contributed by atoms with Gasteiger partial charge in [0.05, 0.1) is 39.1 Å². The number of anilines is 1. The molecule has 10 heteroatoms. The summed E-state index contributed by atoms with van der Waals surface area (Å²) in [4.78, 5) is 12.4. The maximum atomic E-state index is 13.4. The Hall–Kier alpha value is -2.37. The van der Waals surface area contributed by atoms with Crippen molar-refractivity contribution in [3.05, 3.63) is 59.9 Å². The van der Waals surface area contributed by atoms with Crippen molar-refractivity contribution in [3.8, 4) is 10.6 Å². The van der Waals surface area contributed by atoms with Crippen LogP contribution in [-0.4, -0.2) is 49.7 Å².